The fourth-order valence-corrected chi connectivity index (χ4v) is 3.56. The highest BCUT2D eigenvalue weighted by Gasteiger charge is 2.25. The summed E-state index contributed by atoms with van der Waals surface area (Å²) in [5.74, 6) is 1.01. The number of amides is 2. The zero-order chi connectivity index (χ0) is 19.5. The maximum atomic E-state index is 12.7. The van der Waals surface area contributed by atoms with Crippen LogP contribution in [-0.4, -0.2) is 60.0 Å². The van der Waals surface area contributed by atoms with E-state index in [1.807, 2.05) is 15.9 Å². The second kappa shape index (κ2) is 7.84. The Labute approximate surface area is 163 Å². The van der Waals surface area contributed by atoms with Gasteiger partial charge in [-0.1, -0.05) is 0 Å². The quantitative estimate of drug-likeness (QED) is 0.875. The highest BCUT2D eigenvalue weighted by molar-refractivity contribution is 5.95. The molecule has 0 unspecified atom stereocenters. The van der Waals surface area contributed by atoms with E-state index >= 15 is 0 Å². The average Bonchev–Trinajstić information content (AvgIpc) is 2.78. The lowest BCUT2D eigenvalue weighted by molar-refractivity contribution is 0.0723. The first-order chi connectivity index (χ1) is 13.7. The molecule has 2 aliphatic heterocycles. The number of carbonyl (C=O) groups excluding carboxylic acids is 2. The molecule has 4 rings (SSSR count). The summed E-state index contributed by atoms with van der Waals surface area (Å²) in [7, 11) is 1.57. The number of hydrogen-bond donors (Lipinski definition) is 1. The smallest absolute Gasteiger partial charge is 0.269 e. The van der Waals surface area contributed by atoms with Crippen molar-refractivity contribution in [2.24, 2.45) is 0 Å². The Morgan fingerprint density at radius 1 is 1.07 bits per heavy atom. The van der Waals surface area contributed by atoms with Crippen molar-refractivity contribution < 1.29 is 14.3 Å². The summed E-state index contributed by atoms with van der Waals surface area (Å²) in [6.45, 7) is 2.69. The van der Waals surface area contributed by atoms with Gasteiger partial charge in [-0.3, -0.25) is 9.59 Å². The van der Waals surface area contributed by atoms with Gasteiger partial charge in [-0.15, -0.1) is 0 Å². The predicted octanol–water partition coefficient (Wildman–Crippen LogP) is 1.99. The molecule has 0 atom stereocenters. The molecule has 146 valence electrons. The maximum Gasteiger partial charge on any atom is 0.269 e. The van der Waals surface area contributed by atoms with Crippen LogP contribution in [0.25, 0.3) is 0 Å². The van der Waals surface area contributed by atoms with Crippen molar-refractivity contribution in [2.75, 3.05) is 38.2 Å². The Morgan fingerprint density at radius 3 is 2.61 bits per heavy atom. The number of pyridine rings is 2. The molecule has 0 radical (unpaired) electrons. The molecule has 28 heavy (non-hydrogen) atoms. The van der Waals surface area contributed by atoms with E-state index in [0.29, 0.717) is 36.0 Å². The van der Waals surface area contributed by atoms with Gasteiger partial charge in [0.05, 0.1) is 24.0 Å². The molecule has 1 saturated heterocycles. The third kappa shape index (κ3) is 3.49. The van der Waals surface area contributed by atoms with Gasteiger partial charge in [0.2, 0.25) is 0 Å². The van der Waals surface area contributed by atoms with Gasteiger partial charge in [-0.2, -0.15) is 0 Å². The number of likely N-dealkylation sites (tertiary alicyclic amines) is 1. The average molecular weight is 381 g/mol. The lowest BCUT2D eigenvalue weighted by Crippen LogP contribution is -2.36. The largest absolute Gasteiger partial charge is 0.488 e. The SMILES string of the molecule is CNC(=O)c1ccc(N2CCOc3cc(C(=O)N4CCCCC4)cnc32)cn1. The van der Waals surface area contributed by atoms with Gasteiger partial charge in [0.25, 0.3) is 11.8 Å². The molecule has 8 nitrogen and oxygen atoms in total. The zero-order valence-electron chi connectivity index (χ0n) is 15.9. The number of aromatic nitrogens is 2. The van der Waals surface area contributed by atoms with Crippen molar-refractivity contribution in [3.05, 3.63) is 41.9 Å². The standard InChI is InChI=1S/C20H23N5O3/c1-21-19(26)16-6-5-15(13-22-16)25-9-10-28-17-11-14(12-23-18(17)25)20(27)24-7-3-2-4-8-24/h5-6,11-13H,2-4,7-10H2,1H3,(H,21,26). The van der Waals surface area contributed by atoms with Crippen LogP contribution in [-0.2, 0) is 0 Å². The number of piperidine rings is 1. The lowest BCUT2D eigenvalue weighted by Gasteiger charge is -2.31. The van der Waals surface area contributed by atoms with Gasteiger partial charge in [0.1, 0.15) is 12.3 Å². The van der Waals surface area contributed by atoms with Gasteiger partial charge in [0.15, 0.2) is 11.6 Å². The van der Waals surface area contributed by atoms with E-state index in [-0.39, 0.29) is 11.8 Å². The molecule has 2 amide bonds. The van der Waals surface area contributed by atoms with Crippen molar-refractivity contribution in [3.8, 4) is 5.75 Å². The van der Waals surface area contributed by atoms with Crippen molar-refractivity contribution in [1.82, 2.24) is 20.2 Å². The zero-order valence-corrected chi connectivity index (χ0v) is 15.9. The fourth-order valence-electron chi connectivity index (χ4n) is 3.56. The third-order valence-corrected chi connectivity index (χ3v) is 5.07. The van der Waals surface area contributed by atoms with Crippen LogP contribution in [0.15, 0.2) is 30.6 Å². The van der Waals surface area contributed by atoms with E-state index in [1.165, 1.54) is 6.42 Å². The highest BCUT2D eigenvalue weighted by atomic mass is 16.5. The van der Waals surface area contributed by atoms with Crippen molar-refractivity contribution in [1.29, 1.82) is 0 Å². The molecule has 0 aromatic carbocycles. The maximum absolute atomic E-state index is 12.7. The number of carbonyl (C=O) groups is 2. The minimum Gasteiger partial charge on any atom is -0.488 e. The fraction of sp³-hybridized carbons (Fsp3) is 0.400. The number of nitrogens with one attached hydrogen (secondary N) is 1. The molecular weight excluding hydrogens is 358 g/mol. The van der Waals surface area contributed by atoms with Gasteiger partial charge >= 0.3 is 0 Å². The minimum atomic E-state index is -0.229. The normalized spacial score (nSPS) is 16.2. The summed E-state index contributed by atoms with van der Waals surface area (Å²) in [5.41, 5.74) is 1.73. The number of nitrogens with zero attached hydrogens (tertiary/aromatic N) is 4. The van der Waals surface area contributed by atoms with Crippen molar-refractivity contribution >= 4 is 23.3 Å². The molecule has 0 spiro atoms. The second-order valence-corrected chi connectivity index (χ2v) is 6.88. The lowest BCUT2D eigenvalue weighted by atomic mass is 10.1. The molecule has 2 aliphatic rings. The molecule has 4 heterocycles. The Bertz CT molecular complexity index is 878. The van der Waals surface area contributed by atoms with Crippen LogP contribution in [0.4, 0.5) is 11.5 Å². The van der Waals surface area contributed by atoms with Crippen LogP contribution >= 0.6 is 0 Å². The molecule has 2 aromatic rings. The monoisotopic (exact) mass is 381 g/mol. The Balaban J connectivity index is 1.58. The van der Waals surface area contributed by atoms with Gasteiger partial charge in [0, 0.05) is 26.3 Å². The van der Waals surface area contributed by atoms with Crippen LogP contribution in [0.3, 0.4) is 0 Å². The van der Waals surface area contributed by atoms with Crippen molar-refractivity contribution in [2.45, 2.75) is 19.3 Å². The molecule has 0 aliphatic carbocycles. The molecular formula is C20H23N5O3. The van der Waals surface area contributed by atoms with Crippen LogP contribution < -0.4 is 15.0 Å². The topological polar surface area (TPSA) is 87.7 Å². The molecule has 1 fully saturated rings. The Morgan fingerprint density at radius 2 is 1.89 bits per heavy atom. The molecule has 1 N–H and O–H groups in total. The number of fused-ring (bicyclic) bond motifs is 1. The molecule has 8 heteroatoms. The van der Waals surface area contributed by atoms with E-state index in [2.05, 4.69) is 15.3 Å². The van der Waals surface area contributed by atoms with E-state index < -0.39 is 0 Å². The molecule has 0 saturated carbocycles. The summed E-state index contributed by atoms with van der Waals surface area (Å²) < 4.78 is 5.77. The predicted molar refractivity (Wildman–Crippen MR) is 104 cm³/mol. The van der Waals surface area contributed by atoms with Crippen LogP contribution in [0, 0.1) is 0 Å². The van der Waals surface area contributed by atoms with Gasteiger partial charge in [-0.25, -0.2) is 9.97 Å². The Kier molecular flexibility index (Phi) is 5.10. The molecule has 2 aromatic heterocycles. The van der Waals surface area contributed by atoms with E-state index in [0.717, 1.165) is 31.6 Å². The first-order valence-corrected chi connectivity index (χ1v) is 9.55. The van der Waals surface area contributed by atoms with E-state index in [9.17, 15) is 9.59 Å². The van der Waals surface area contributed by atoms with Crippen molar-refractivity contribution in [3.63, 3.8) is 0 Å². The van der Waals surface area contributed by atoms with Gasteiger partial charge in [-0.05, 0) is 37.5 Å². The molecule has 0 bridgehead atoms. The number of ether oxygens (including phenoxy) is 1. The highest BCUT2D eigenvalue weighted by Crippen LogP contribution is 2.35. The van der Waals surface area contributed by atoms with Gasteiger partial charge < -0.3 is 19.9 Å². The van der Waals surface area contributed by atoms with Crippen LogP contribution in [0.1, 0.15) is 40.1 Å². The van der Waals surface area contributed by atoms with Crippen LogP contribution in [0.2, 0.25) is 0 Å². The number of hydrogen-bond acceptors (Lipinski definition) is 6. The minimum absolute atomic E-state index is 0.00678. The first-order valence-electron chi connectivity index (χ1n) is 9.55. The van der Waals surface area contributed by atoms with E-state index in [1.54, 1.807) is 31.6 Å². The number of rotatable bonds is 3. The first kappa shape index (κ1) is 18.2. The summed E-state index contributed by atoms with van der Waals surface area (Å²) in [4.78, 5) is 37.0. The second-order valence-electron chi connectivity index (χ2n) is 6.88. The van der Waals surface area contributed by atoms with Crippen LogP contribution in [0.5, 0.6) is 5.75 Å². The summed E-state index contributed by atoms with van der Waals surface area (Å²) in [6, 6.07) is 5.29. The third-order valence-electron chi connectivity index (χ3n) is 5.07. The summed E-state index contributed by atoms with van der Waals surface area (Å²) in [6.07, 6.45) is 6.54. The number of anilines is 2. The van der Waals surface area contributed by atoms with E-state index in [4.69, 9.17) is 4.74 Å². The summed E-state index contributed by atoms with van der Waals surface area (Å²) in [5, 5.41) is 2.56. The summed E-state index contributed by atoms with van der Waals surface area (Å²) >= 11 is 0. The Hall–Kier alpha value is -3.16.